The van der Waals surface area contributed by atoms with Gasteiger partial charge >= 0.3 is 0 Å². The van der Waals surface area contributed by atoms with Gasteiger partial charge in [-0.15, -0.1) is 0 Å². The summed E-state index contributed by atoms with van der Waals surface area (Å²) in [6.45, 7) is 0. The minimum absolute atomic E-state index is 0.252. The Morgan fingerprint density at radius 2 is 1.77 bits per heavy atom. The lowest BCUT2D eigenvalue weighted by Gasteiger charge is -1.99. The molecule has 0 bridgehead atoms. The molecule has 0 aliphatic carbocycles. The highest BCUT2D eigenvalue weighted by molar-refractivity contribution is 7.15. The topological polar surface area (TPSA) is 64.3 Å². The van der Waals surface area contributed by atoms with E-state index in [1.54, 1.807) is 18.2 Å². The zero-order valence-corrected chi connectivity index (χ0v) is 15.0. The molecular formula is C19H12ClN3O2S. The molecule has 2 heterocycles. The Labute approximate surface area is 156 Å². The van der Waals surface area contributed by atoms with Gasteiger partial charge in [0.1, 0.15) is 5.69 Å². The fourth-order valence-corrected chi connectivity index (χ4v) is 3.58. The molecule has 26 heavy (non-hydrogen) atoms. The molecule has 0 amide bonds. The summed E-state index contributed by atoms with van der Waals surface area (Å²) in [5, 5.41) is 4.87. The molecule has 4 rings (SSSR count). The molecule has 0 aliphatic heterocycles. The van der Waals surface area contributed by atoms with E-state index in [2.05, 4.69) is 10.1 Å². The number of hydrogen-bond donors (Lipinski definition) is 0. The first kappa shape index (κ1) is 16.6. The van der Waals surface area contributed by atoms with Gasteiger partial charge in [0.2, 0.25) is 4.96 Å². The third-order valence-corrected chi connectivity index (χ3v) is 5.04. The molecule has 0 saturated heterocycles. The van der Waals surface area contributed by atoms with Crippen molar-refractivity contribution in [3.05, 3.63) is 102 Å². The fraction of sp³-hybridized carbons (Fsp3) is 0.0526. The average Bonchev–Trinajstić information content (AvgIpc) is 2.93. The quantitative estimate of drug-likeness (QED) is 0.546. The summed E-state index contributed by atoms with van der Waals surface area (Å²) in [5.74, 6) is 0. The second-order valence-electron chi connectivity index (χ2n) is 5.69. The summed E-state index contributed by atoms with van der Waals surface area (Å²) in [6, 6.07) is 16.6. The molecule has 7 heteroatoms. The van der Waals surface area contributed by atoms with E-state index in [1.165, 1.54) is 4.52 Å². The maximum Gasteiger partial charge on any atom is 0.296 e. The first-order valence-electron chi connectivity index (χ1n) is 7.84. The van der Waals surface area contributed by atoms with E-state index in [1.807, 2.05) is 42.5 Å². The fourth-order valence-electron chi connectivity index (χ4n) is 2.55. The lowest BCUT2D eigenvalue weighted by atomic mass is 10.1. The van der Waals surface area contributed by atoms with Gasteiger partial charge < -0.3 is 0 Å². The molecule has 0 N–H and O–H groups in total. The molecule has 2 aromatic heterocycles. The second kappa shape index (κ2) is 6.82. The molecule has 0 fully saturated rings. The summed E-state index contributed by atoms with van der Waals surface area (Å²) >= 11 is 7.02. The summed E-state index contributed by atoms with van der Waals surface area (Å²) in [5.41, 5.74) is 1.33. The van der Waals surface area contributed by atoms with Gasteiger partial charge in [-0.2, -0.15) is 14.6 Å². The molecule has 5 nitrogen and oxygen atoms in total. The van der Waals surface area contributed by atoms with Crippen LogP contribution in [0.2, 0.25) is 5.02 Å². The van der Waals surface area contributed by atoms with E-state index in [9.17, 15) is 9.59 Å². The minimum Gasteiger partial charge on any atom is -0.266 e. The van der Waals surface area contributed by atoms with Crippen LogP contribution >= 0.6 is 22.9 Å². The van der Waals surface area contributed by atoms with Crippen LogP contribution < -0.4 is 15.7 Å². The van der Waals surface area contributed by atoms with Crippen LogP contribution in [0, 0.1) is 0 Å². The van der Waals surface area contributed by atoms with Gasteiger partial charge in [-0.1, -0.05) is 65.4 Å². The van der Waals surface area contributed by atoms with Crippen molar-refractivity contribution in [2.45, 2.75) is 6.42 Å². The zero-order chi connectivity index (χ0) is 18.1. The molecule has 0 saturated carbocycles. The van der Waals surface area contributed by atoms with Crippen LogP contribution in [-0.2, 0) is 6.42 Å². The Kier molecular flexibility index (Phi) is 4.36. The predicted molar refractivity (Wildman–Crippen MR) is 103 cm³/mol. The summed E-state index contributed by atoms with van der Waals surface area (Å²) in [6.07, 6.45) is 2.07. The highest BCUT2D eigenvalue weighted by atomic mass is 35.5. The second-order valence-corrected chi connectivity index (χ2v) is 7.13. The minimum atomic E-state index is -0.409. The van der Waals surface area contributed by atoms with E-state index in [0.717, 1.165) is 22.5 Å². The molecular weight excluding hydrogens is 370 g/mol. The van der Waals surface area contributed by atoms with E-state index in [-0.39, 0.29) is 16.2 Å². The van der Waals surface area contributed by atoms with Crippen molar-refractivity contribution in [2.75, 3.05) is 0 Å². The van der Waals surface area contributed by atoms with Crippen LogP contribution in [0.3, 0.4) is 0 Å². The van der Waals surface area contributed by atoms with Gasteiger partial charge in [0, 0.05) is 11.4 Å². The maximum absolute atomic E-state index is 12.6. The molecule has 2 aromatic carbocycles. The smallest absolute Gasteiger partial charge is 0.266 e. The molecule has 0 unspecified atom stereocenters. The number of benzene rings is 2. The number of nitrogens with zero attached hydrogens (tertiary/aromatic N) is 3. The normalized spacial score (nSPS) is 12.0. The number of rotatable bonds is 3. The molecule has 0 spiro atoms. The van der Waals surface area contributed by atoms with Crippen molar-refractivity contribution in [3.63, 3.8) is 0 Å². The van der Waals surface area contributed by atoms with E-state index in [4.69, 9.17) is 11.6 Å². The maximum atomic E-state index is 12.6. The van der Waals surface area contributed by atoms with Crippen molar-refractivity contribution in [1.29, 1.82) is 0 Å². The van der Waals surface area contributed by atoms with Crippen LogP contribution in [-0.4, -0.2) is 14.6 Å². The molecule has 128 valence electrons. The Bertz CT molecular complexity index is 1250. The first-order chi connectivity index (χ1) is 12.6. The Hall–Kier alpha value is -2.83. The van der Waals surface area contributed by atoms with Crippen LogP contribution in [0.1, 0.15) is 16.8 Å². The average molecular weight is 382 g/mol. The number of hydrogen-bond acceptors (Lipinski definition) is 5. The number of aromatic nitrogens is 3. The molecule has 4 aromatic rings. The van der Waals surface area contributed by atoms with Gasteiger partial charge in [-0.25, -0.2) is 0 Å². The summed E-state index contributed by atoms with van der Waals surface area (Å²) in [4.78, 5) is 29.2. The SMILES string of the molecule is O=c1nc2sc(=Cc3ccc(Cl)cc3)c(=O)n2nc1Cc1ccccc1. The number of fused-ring (bicyclic) bond motifs is 1. The predicted octanol–water partition coefficient (Wildman–Crippen LogP) is 2.30. The zero-order valence-electron chi connectivity index (χ0n) is 13.4. The first-order valence-corrected chi connectivity index (χ1v) is 9.03. The number of thiazole rings is 1. The summed E-state index contributed by atoms with van der Waals surface area (Å²) < 4.78 is 1.66. The van der Waals surface area contributed by atoms with Crippen LogP contribution in [0.15, 0.2) is 64.2 Å². The van der Waals surface area contributed by atoms with Gasteiger partial charge in [-0.3, -0.25) is 9.59 Å². The highest BCUT2D eigenvalue weighted by Crippen LogP contribution is 2.10. The lowest BCUT2D eigenvalue weighted by molar-refractivity contribution is 0.811. The lowest BCUT2D eigenvalue weighted by Crippen LogP contribution is -2.28. The van der Waals surface area contributed by atoms with Crippen LogP contribution in [0.25, 0.3) is 11.0 Å². The van der Waals surface area contributed by atoms with Crippen molar-refractivity contribution in [3.8, 4) is 0 Å². The van der Waals surface area contributed by atoms with Crippen molar-refractivity contribution in [2.24, 2.45) is 0 Å². The Balaban J connectivity index is 1.81. The number of halogens is 1. The largest absolute Gasteiger partial charge is 0.296 e. The highest BCUT2D eigenvalue weighted by Gasteiger charge is 2.11. The van der Waals surface area contributed by atoms with Crippen LogP contribution in [0.5, 0.6) is 0 Å². The standard InChI is InChI=1S/C19H12ClN3O2S/c20-14-8-6-13(7-9-14)11-16-18(25)23-19(26-16)21-17(24)15(22-23)10-12-4-2-1-3-5-12/h1-9,11H,10H2. The Morgan fingerprint density at radius 1 is 1.04 bits per heavy atom. The van der Waals surface area contributed by atoms with E-state index < -0.39 is 5.56 Å². The van der Waals surface area contributed by atoms with Gasteiger partial charge in [0.25, 0.3) is 11.1 Å². The summed E-state index contributed by atoms with van der Waals surface area (Å²) in [7, 11) is 0. The third kappa shape index (κ3) is 3.29. The molecule has 0 radical (unpaired) electrons. The van der Waals surface area contributed by atoms with Gasteiger partial charge in [0.05, 0.1) is 4.53 Å². The van der Waals surface area contributed by atoms with E-state index >= 15 is 0 Å². The van der Waals surface area contributed by atoms with Crippen LogP contribution in [0.4, 0.5) is 0 Å². The molecule has 0 atom stereocenters. The monoisotopic (exact) mass is 381 g/mol. The van der Waals surface area contributed by atoms with Gasteiger partial charge in [-0.05, 0) is 29.3 Å². The Morgan fingerprint density at radius 3 is 2.50 bits per heavy atom. The van der Waals surface area contributed by atoms with Crippen molar-refractivity contribution < 1.29 is 0 Å². The van der Waals surface area contributed by atoms with Crippen molar-refractivity contribution in [1.82, 2.24) is 14.6 Å². The molecule has 0 aliphatic rings. The van der Waals surface area contributed by atoms with Crippen molar-refractivity contribution >= 4 is 34.0 Å². The third-order valence-electron chi connectivity index (χ3n) is 3.83. The van der Waals surface area contributed by atoms with Gasteiger partial charge in [0.15, 0.2) is 0 Å². The van der Waals surface area contributed by atoms with E-state index in [0.29, 0.717) is 16.0 Å².